The monoisotopic (exact) mass is 252 g/mol. The van der Waals surface area contributed by atoms with E-state index < -0.39 is 0 Å². The average molecular weight is 252 g/mol. The molecule has 4 unspecified atom stereocenters. The Bertz CT molecular complexity index is 243. The fraction of sp³-hybridized carbons (Fsp3) is 1.00. The van der Waals surface area contributed by atoms with E-state index in [0.29, 0.717) is 6.04 Å². The molecule has 4 atom stereocenters. The van der Waals surface area contributed by atoms with Crippen LogP contribution in [-0.2, 0) is 0 Å². The lowest BCUT2D eigenvalue weighted by molar-refractivity contribution is 0.0612. The van der Waals surface area contributed by atoms with Crippen molar-refractivity contribution >= 4 is 0 Å². The van der Waals surface area contributed by atoms with Crippen LogP contribution in [-0.4, -0.2) is 37.1 Å². The molecule has 2 aliphatic rings. The highest BCUT2D eigenvalue weighted by Gasteiger charge is 2.32. The van der Waals surface area contributed by atoms with E-state index in [1.807, 2.05) is 0 Å². The summed E-state index contributed by atoms with van der Waals surface area (Å²) in [6, 6.07) is 1.54. The first-order valence-electron chi connectivity index (χ1n) is 8.01. The van der Waals surface area contributed by atoms with Crippen LogP contribution in [0, 0.1) is 17.8 Å². The fourth-order valence-electron chi connectivity index (χ4n) is 4.22. The summed E-state index contributed by atoms with van der Waals surface area (Å²) in [6.45, 7) is 9.91. The predicted molar refractivity (Wildman–Crippen MR) is 78.8 cm³/mol. The van der Waals surface area contributed by atoms with Crippen molar-refractivity contribution in [1.29, 1.82) is 0 Å². The van der Waals surface area contributed by atoms with Gasteiger partial charge in [-0.15, -0.1) is 0 Å². The van der Waals surface area contributed by atoms with Crippen LogP contribution >= 0.6 is 0 Å². The molecule has 1 saturated heterocycles. The summed E-state index contributed by atoms with van der Waals surface area (Å²) in [5.41, 5.74) is 0. The van der Waals surface area contributed by atoms with Gasteiger partial charge in [0.25, 0.3) is 0 Å². The van der Waals surface area contributed by atoms with E-state index >= 15 is 0 Å². The van der Waals surface area contributed by atoms with Gasteiger partial charge in [0.2, 0.25) is 0 Å². The largest absolute Gasteiger partial charge is 0.317 e. The highest BCUT2D eigenvalue weighted by molar-refractivity contribution is 4.87. The van der Waals surface area contributed by atoms with Crippen molar-refractivity contribution in [3.63, 3.8) is 0 Å². The zero-order valence-electron chi connectivity index (χ0n) is 12.8. The smallest absolute Gasteiger partial charge is 0.0100 e. The minimum absolute atomic E-state index is 0.672. The molecule has 0 radical (unpaired) electrons. The van der Waals surface area contributed by atoms with E-state index in [9.17, 15) is 0 Å². The summed E-state index contributed by atoms with van der Waals surface area (Å²) in [5, 5.41) is 3.45. The fourth-order valence-corrected chi connectivity index (χ4v) is 4.22. The number of nitrogens with zero attached hydrogens (tertiary/aromatic N) is 1. The van der Waals surface area contributed by atoms with Gasteiger partial charge in [0.05, 0.1) is 0 Å². The molecule has 106 valence electrons. The molecule has 0 bridgehead atoms. The number of likely N-dealkylation sites (tertiary alicyclic amines) is 1. The number of piperidine rings is 1. The molecule has 0 aromatic rings. The summed E-state index contributed by atoms with van der Waals surface area (Å²) >= 11 is 0. The van der Waals surface area contributed by atoms with E-state index in [1.165, 1.54) is 45.2 Å². The maximum atomic E-state index is 3.45. The Morgan fingerprint density at radius 3 is 2.39 bits per heavy atom. The predicted octanol–water partition coefficient (Wildman–Crippen LogP) is 3.13. The molecule has 1 saturated carbocycles. The lowest BCUT2D eigenvalue weighted by Gasteiger charge is -2.44. The van der Waals surface area contributed by atoms with Gasteiger partial charge >= 0.3 is 0 Å². The zero-order chi connectivity index (χ0) is 13.1. The van der Waals surface area contributed by atoms with Gasteiger partial charge in [0, 0.05) is 18.6 Å². The molecule has 1 aliphatic carbocycles. The quantitative estimate of drug-likeness (QED) is 0.830. The highest BCUT2D eigenvalue weighted by atomic mass is 15.2. The van der Waals surface area contributed by atoms with Crippen LogP contribution in [0.4, 0.5) is 0 Å². The summed E-state index contributed by atoms with van der Waals surface area (Å²) in [4.78, 5) is 2.81. The van der Waals surface area contributed by atoms with Gasteiger partial charge < -0.3 is 10.2 Å². The maximum Gasteiger partial charge on any atom is 0.0100 e. The number of nitrogens with one attached hydrogen (secondary N) is 1. The van der Waals surface area contributed by atoms with Gasteiger partial charge in [-0.3, -0.25) is 0 Å². The van der Waals surface area contributed by atoms with Crippen LogP contribution in [0.3, 0.4) is 0 Å². The van der Waals surface area contributed by atoms with Gasteiger partial charge in [0.1, 0.15) is 0 Å². The van der Waals surface area contributed by atoms with Crippen LogP contribution in [0.25, 0.3) is 0 Å². The van der Waals surface area contributed by atoms with Gasteiger partial charge in [-0.1, -0.05) is 13.8 Å². The minimum atomic E-state index is 0.672. The highest BCUT2D eigenvalue weighted by Crippen LogP contribution is 2.33. The molecule has 2 nitrogen and oxygen atoms in total. The third-order valence-corrected chi connectivity index (χ3v) is 5.32. The number of hydrogen-bond donors (Lipinski definition) is 1. The number of rotatable bonds is 3. The Labute approximate surface area is 114 Å². The molecule has 2 rings (SSSR count). The van der Waals surface area contributed by atoms with Crippen molar-refractivity contribution < 1.29 is 0 Å². The van der Waals surface area contributed by atoms with E-state index in [1.54, 1.807) is 0 Å². The van der Waals surface area contributed by atoms with Crippen molar-refractivity contribution in [3.05, 3.63) is 0 Å². The van der Waals surface area contributed by atoms with Crippen LogP contribution in [0.1, 0.15) is 52.9 Å². The summed E-state index contributed by atoms with van der Waals surface area (Å²) in [6.07, 6.45) is 7.13. The topological polar surface area (TPSA) is 15.3 Å². The Hall–Kier alpha value is -0.0800. The Balaban J connectivity index is 1.91. The Morgan fingerprint density at radius 1 is 1.11 bits per heavy atom. The van der Waals surface area contributed by atoms with E-state index in [2.05, 4.69) is 38.0 Å². The molecule has 0 aromatic carbocycles. The summed E-state index contributed by atoms with van der Waals surface area (Å²) in [7, 11) is 2.11. The van der Waals surface area contributed by atoms with Crippen molar-refractivity contribution in [1.82, 2.24) is 10.2 Å². The van der Waals surface area contributed by atoms with Crippen molar-refractivity contribution in [2.24, 2.45) is 17.8 Å². The SMILES string of the molecule is CNC(C)C1CCCN(C2CC(C)CC(C)C2)C1. The van der Waals surface area contributed by atoms with E-state index in [0.717, 1.165) is 23.8 Å². The molecule has 2 fully saturated rings. The molecule has 1 heterocycles. The second-order valence-corrected chi connectivity index (χ2v) is 7.05. The van der Waals surface area contributed by atoms with Crippen molar-refractivity contribution in [3.8, 4) is 0 Å². The average Bonchev–Trinajstić information content (AvgIpc) is 2.37. The normalized spacial score (nSPS) is 40.7. The lowest BCUT2D eigenvalue weighted by atomic mass is 9.78. The molecule has 0 aromatic heterocycles. The standard InChI is InChI=1S/C16H32N2/c1-12-8-13(2)10-16(9-12)18-7-5-6-15(11-18)14(3)17-4/h12-17H,5-11H2,1-4H3. The molecule has 0 spiro atoms. The van der Waals surface area contributed by atoms with Gasteiger partial charge in [-0.25, -0.2) is 0 Å². The first-order chi connectivity index (χ1) is 8.60. The number of hydrogen-bond acceptors (Lipinski definition) is 2. The second-order valence-electron chi connectivity index (χ2n) is 7.05. The van der Waals surface area contributed by atoms with Crippen LogP contribution < -0.4 is 5.32 Å². The Morgan fingerprint density at radius 2 is 1.78 bits per heavy atom. The molecule has 0 amide bonds. The summed E-state index contributed by atoms with van der Waals surface area (Å²) in [5.74, 6) is 2.72. The molecule has 2 heteroatoms. The van der Waals surface area contributed by atoms with Crippen LogP contribution in [0.5, 0.6) is 0 Å². The first kappa shape index (κ1) is 14.3. The van der Waals surface area contributed by atoms with E-state index in [-0.39, 0.29) is 0 Å². The van der Waals surface area contributed by atoms with Crippen LogP contribution in [0.15, 0.2) is 0 Å². The van der Waals surface area contributed by atoms with E-state index in [4.69, 9.17) is 0 Å². The molecule has 1 N–H and O–H groups in total. The van der Waals surface area contributed by atoms with Crippen molar-refractivity contribution in [2.45, 2.75) is 65.0 Å². The second kappa shape index (κ2) is 6.38. The zero-order valence-corrected chi connectivity index (χ0v) is 12.8. The third-order valence-electron chi connectivity index (χ3n) is 5.32. The molecule has 18 heavy (non-hydrogen) atoms. The first-order valence-corrected chi connectivity index (χ1v) is 8.01. The Kier molecular flexibility index (Phi) is 5.08. The molecule has 1 aliphatic heterocycles. The lowest BCUT2D eigenvalue weighted by Crippen LogP contribution is -2.49. The van der Waals surface area contributed by atoms with Crippen LogP contribution in [0.2, 0.25) is 0 Å². The van der Waals surface area contributed by atoms with Gasteiger partial charge in [-0.2, -0.15) is 0 Å². The molecular weight excluding hydrogens is 220 g/mol. The molecular formula is C16H32N2. The maximum absolute atomic E-state index is 3.45. The minimum Gasteiger partial charge on any atom is -0.317 e. The third kappa shape index (κ3) is 3.48. The van der Waals surface area contributed by atoms with Gasteiger partial charge in [-0.05, 0) is 70.4 Å². The van der Waals surface area contributed by atoms with Gasteiger partial charge in [0.15, 0.2) is 0 Å². The van der Waals surface area contributed by atoms with Crippen molar-refractivity contribution in [2.75, 3.05) is 20.1 Å². The summed E-state index contributed by atoms with van der Waals surface area (Å²) < 4.78 is 0.